The number of allylic oxidation sites excluding steroid dienone is 2. The minimum absolute atomic E-state index is 0.358. The summed E-state index contributed by atoms with van der Waals surface area (Å²) >= 11 is 0. The van der Waals surface area contributed by atoms with E-state index in [0.29, 0.717) is 18.6 Å². The molecule has 0 aliphatic rings. The Morgan fingerprint density at radius 2 is 1.93 bits per heavy atom. The molecule has 80 valence electrons. The molecular weight excluding hydrogens is 184 g/mol. The van der Waals surface area contributed by atoms with Crippen molar-refractivity contribution in [3.8, 4) is 0 Å². The van der Waals surface area contributed by atoms with Crippen molar-refractivity contribution in [2.24, 2.45) is 0 Å². The van der Waals surface area contributed by atoms with Gasteiger partial charge in [0.25, 0.3) is 0 Å². The van der Waals surface area contributed by atoms with Crippen LogP contribution in [0.3, 0.4) is 0 Å². The third-order valence-corrected chi connectivity index (χ3v) is 2.36. The van der Waals surface area contributed by atoms with Crippen molar-refractivity contribution < 1.29 is 4.79 Å². The smallest absolute Gasteiger partial charge is 0.133 e. The summed E-state index contributed by atoms with van der Waals surface area (Å²) in [6.07, 6.45) is 7.13. The van der Waals surface area contributed by atoms with Gasteiger partial charge in [0.15, 0.2) is 0 Å². The van der Waals surface area contributed by atoms with Crippen LogP contribution in [0.15, 0.2) is 42.5 Å². The molecule has 0 unspecified atom stereocenters. The lowest BCUT2D eigenvalue weighted by Crippen LogP contribution is -1.99. The molecule has 0 saturated heterocycles. The van der Waals surface area contributed by atoms with E-state index in [1.165, 1.54) is 5.56 Å². The van der Waals surface area contributed by atoms with Gasteiger partial charge in [-0.25, -0.2) is 0 Å². The molecule has 1 aromatic rings. The molecule has 1 rings (SSSR count). The first-order chi connectivity index (χ1) is 7.33. The SMILES string of the molecule is CC=CCCC(=O)CCc1ccccc1. The topological polar surface area (TPSA) is 17.1 Å². The molecule has 0 saturated carbocycles. The van der Waals surface area contributed by atoms with Gasteiger partial charge >= 0.3 is 0 Å². The average molecular weight is 202 g/mol. The van der Waals surface area contributed by atoms with E-state index in [-0.39, 0.29) is 0 Å². The van der Waals surface area contributed by atoms with Gasteiger partial charge in [0.05, 0.1) is 0 Å². The van der Waals surface area contributed by atoms with Crippen LogP contribution < -0.4 is 0 Å². The Morgan fingerprint density at radius 1 is 1.20 bits per heavy atom. The molecule has 0 amide bonds. The molecule has 0 heterocycles. The van der Waals surface area contributed by atoms with Crippen molar-refractivity contribution in [1.82, 2.24) is 0 Å². The monoisotopic (exact) mass is 202 g/mol. The average Bonchev–Trinajstić information content (AvgIpc) is 2.28. The lowest BCUT2D eigenvalue weighted by atomic mass is 10.1. The molecule has 0 aliphatic heterocycles. The fourth-order valence-electron chi connectivity index (χ4n) is 1.46. The number of ketones is 1. The second kappa shape index (κ2) is 6.99. The zero-order valence-corrected chi connectivity index (χ0v) is 9.28. The van der Waals surface area contributed by atoms with Crippen molar-refractivity contribution in [1.29, 1.82) is 0 Å². The number of hydrogen-bond acceptors (Lipinski definition) is 1. The van der Waals surface area contributed by atoms with E-state index in [9.17, 15) is 4.79 Å². The first-order valence-corrected chi connectivity index (χ1v) is 5.49. The van der Waals surface area contributed by atoms with Crippen molar-refractivity contribution in [2.45, 2.75) is 32.6 Å². The highest BCUT2D eigenvalue weighted by Gasteiger charge is 2.00. The van der Waals surface area contributed by atoms with E-state index in [0.717, 1.165) is 12.8 Å². The van der Waals surface area contributed by atoms with E-state index in [1.807, 2.05) is 37.3 Å². The van der Waals surface area contributed by atoms with Gasteiger partial charge in [0.2, 0.25) is 0 Å². The summed E-state index contributed by atoms with van der Waals surface area (Å²) in [5.74, 6) is 0.358. The maximum atomic E-state index is 11.5. The molecule has 1 aromatic carbocycles. The number of carbonyl (C=O) groups is 1. The Morgan fingerprint density at radius 3 is 2.60 bits per heavy atom. The third kappa shape index (κ3) is 5.16. The van der Waals surface area contributed by atoms with Gasteiger partial charge in [-0.2, -0.15) is 0 Å². The summed E-state index contributed by atoms with van der Waals surface area (Å²) in [4.78, 5) is 11.5. The van der Waals surface area contributed by atoms with Crippen molar-refractivity contribution in [3.63, 3.8) is 0 Å². The first kappa shape index (κ1) is 11.7. The Balaban J connectivity index is 2.23. The van der Waals surface area contributed by atoms with Crippen LogP contribution in [0.5, 0.6) is 0 Å². The Labute approximate surface area is 91.8 Å². The van der Waals surface area contributed by atoms with Crippen LogP contribution in [0.2, 0.25) is 0 Å². The minimum Gasteiger partial charge on any atom is -0.300 e. The van der Waals surface area contributed by atoms with Gasteiger partial charge in [-0.3, -0.25) is 4.79 Å². The van der Waals surface area contributed by atoms with E-state index in [4.69, 9.17) is 0 Å². The number of aryl methyl sites for hydroxylation is 1. The third-order valence-electron chi connectivity index (χ3n) is 2.36. The van der Waals surface area contributed by atoms with Gasteiger partial charge < -0.3 is 0 Å². The highest BCUT2D eigenvalue weighted by Crippen LogP contribution is 2.05. The van der Waals surface area contributed by atoms with Crippen LogP contribution in [0, 0.1) is 0 Å². The summed E-state index contributed by atoms with van der Waals surface area (Å²) in [5.41, 5.74) is 1.25. The second-order valence-corrected chi connectivity index (χ2v) is 3.63. The van der Waals surface area contributed by atoms with Crippen LogP contribution in [0.25, 0.3) is 0 Å². The van der Waals surface area contributed by atoms with Crippen molar-refractivity contribution in [3.05, 3.63) is 48.0 Å². The minimum atomic E-state index is 0.358. The van der Waals surface area contributed by atoms with Gasteiger partial charge in [0.1, 0.15) is 5.78 Å². The van der Waals surface area contributed by atoms with Crippen LogP contribution in [-0.4, -0.2) is 5.78 Å². The van der Waals surface area contributed by atoms with Gasteiger partial charge in [-0.05, 0) is 25.3 Å². The molecule has 0 N–H and O–H groups in total. The van der Waals surface area contributed by atoms with Gasteiger partial charge in [-0.15, -0.1) is 0 Å². The maximum absolute atomic E-state index is 11.5. The number of carbonyl (C=O) groups excluding carboxylic acids is 1. The van der Waals surface area contributed by atoms with E-state index < -0.39 is 0 Å². The van der Waals surface area contributed by atoms with Crippen molar-refractivity contribution >= 4 is 5.78 Å². The molecule has 1 heteroatoms. The van der Waals surface area contributed by atoms with Crippen molar-refractivity contribution in [2.75, 3.05) is 0 Å². The van der Waals surface area contributed by atoms with Gasteiger partial charge in [-0.1, -0.05) is 42.5 Å². The molecule has 0 fully saturated rings. The maximum Gasteiger partial charge on any atom is 0.133 e. The number of hydrogen-bond donors (Lipinski definition) is 0. The summed E-state index contributed by atoms with van der Waals surface area (Å²) in [6.45, 7) is 1.98. The normalized spacial score (nSPS) is 10.7. The number of benzene rings is 1. The summed E-state index contributed by atoms with van der Waals surface area (Å²) in [6, 6.07) is 10.2. The summed E-state index contributed by atoms with van der Waals surface area (Å²) < 4.78 is 0. The van der Waals surface area contributed by atoms with Crippen LogP contribution >= 0.6 is 0 Å². The highest BCUT2D eigenvalue weighted by atomic mass is 16.1. The predicted molar refractivity (Wildman–Crippen MR) is 63.8 cm³/mol. The van der Waals surface area contributed by atoms with Crippen LogP contribution in [0.1, 0.15) is 31.7 Å². The zero-order valence-electron chi connectivity index (χ0n) is 9.28. The number of rotatable bonds is 6. The molecule has 0 spiro atoms. The fraction of sp³-hybridized carbons (Fsp3) is 0.357. The van der Waals surface area contributed by atoms with Crippen LogP contribution in [-0.2, 0) is 11.2 Å². The molecule has 0 aliphatic carbocycles. The van der Waals surface area contributed by atoms with E-state index in [1.54, 1.807) is 0 Å². The molecule has 0 bridgehead atoms. The molecule has 0 atom stereocenters. The number of Topliss-reactive ketones (excluding diaryl/α,β-unsaturated/α-hetero) is 1. The predicted octanol–water partition coefficient (Wildman–Crippen LogP) is 3.54. The Hall–Kier alpha value is -1.37. The molecule has 0 radical (unpaired) electrons. The fourth-order valence-corrected chi connectivity index (χ4v) is 1.46. The quantitative estimate of drug-likeness (QED) is 0.645. The lowest BCUT2D eigenvalue weighted by molar-refractivity contribution is -0.118. The molecule has 1 nitrogen and oxygen atoms in total. The van der Waals surface area contributed by atoms with Crippen LogP contribution in [0.4, 0.5) is 0 Å². The standard InChI is InChI=1S/C14H18O/c1-2-3-5-10-14(15)12-11-13-8-6-4-7-9-13/h2-4,6-9H,5,10-12H2,1H3. The molecular formula is C14H18O. The first-order valence-electron chi connectivity index (χ1n) is 5.49. The molecule has 15 heavy (non-hydrogen) atoms. The second-order valence-electron chi connectivity index (χ2n) is 3.63. The highest BCUT2D eigenvalue weighted by molar-refractivity contribution is 5.78. The summed E-state index contributed by atoms with van der Waals surface area (Å²) in [7, 11) is 0. The Kier molecular flexibility index (Phi) is 5.46. The lowest BCUT2D eigenvalue weighted by Gasteiger charge is -1.99. The van der Waals surface area contributed by atoms with Gasteiger partial charge in [0, 0.05) is 12.8 Å². The Bertz CT molecular complexity index is 311. The summed E-state index contributed by atoms with van der Waals surface area (Å²) in [5, 5.41) is 0. The van der Waals surface area contributed by atoms with E-state index >= 15 is 0 Å². The zero-order chi connectivity index (χ0) is 10.9. The van der Waals surface area contributed by atoms with E-state index in [2.05, 4.69) is 12.1 Å². The molecule has 0 aromatic heterocycles. The largest absolute Gasteiger partial charge is 0.300 e.